The van der Waals surface area contributed by atoms with Gasteiger partial charge in [-0.3, -0.25) is 0 Å². The molecule has 8 heteroatoms. The average Bonchev–Trinajstić information content (AvgIpc) is 3.07. The van der Waals surface area contributed by atoms with E-state index in [2.05, 4.69) is 36.2 Å². The van der Waals surface area contributed by atoms with Crippen LogP contribution < -0.4 is 10.1 Å². The predicted octanol–water partition coefficient (Wildman–Crippen LogP) is 2.36. The van der Waals surface area contributed by atoms with Crippen molar-refractivity contribution < 1.29 is 14.6 Å². The van der Waals surface area contributed by atoms with Crippen molar-refractivity contribution in [1.29, 1.82) is 0 Å². The first-order chi connectivity index (χ1) is 12.7. The molecule has 3 N–H and O–H groups in total. The molecule has 2 heterocycles. The number of fused-ring (bicyclic) bond motifs is 1. The summed E-state index contributed by atoms with van der Waals surface area (Å²) in [6, 6.07) is 9.50. The van der Waals surface area contributed by atoms with E-state index in [-0.39, 0.29) is 6.61 Å². The Kier molecular flexibility index (Phi) is 6.56. The highest BCUT2D eigenvalue weighted by Crippen LogP contribution is 2.23. The number of nitrogens with zero attached hydrogens (tertiary/aromatic N) is 2. The molecule has 7 nitrogen and oxygen atoms in total. The summed E-state index contributed by atoms with van der Waals surface area (Å²) in [5.74, 6) is 1.45. The molecule has 0 bridgehead atoms. The Balaban J connectivity index is 1.56. The Morgan fingerprint density at radius 1 is 1.31 bits per heavy atom. The first-order valence-electron chi connectivity index (χ1n) is 8.28. The number of hydrogen-bond donors (Lipinski definition) is 3. The molecule has 0 spiro atoms. The van der Waals surface area contributed by atoms with Crippen LogP contribution in [0.1, 0.15) is 0 Å². The smallest absolute Gasteiger partial charge is 0.178 e. The van der Waals surface area contributed by atoms with Crippen molar-refractivity contribution in [2.45, 2.75) is 6.10 Å². The van der Waals surface area contributed by atoms with Crippen molar-refractivity contribution in [2.75, 3.05) is 33.4 Å². The zero-order chi connectivity index (χ0) is 18.4. The van der Waals surface area contributed by atoms with E-state index in [9.17, 15) is 5.11 Å². The number of benzene rings is 1. The lowest BCUT2D eigenvalue weighted by Crippen LogP contribution is -2.33. The Bertz CT molecular complexity index is 838. The molecule has 0 saturated heterocycles. The quantitative estimate of drug-likeness (QED) is 0.460. The molecule has 0 saturated carbocycles. The maximum atomic E-state index is 9.89. The Hall–Kier alpha value is -2.00. The summed E-state index contributed by atoms with van der Waals surface area (Å²) in [5.41, 5.74) is 2.49. The number of aliphatic hydroxyl groups is 1. The molecular formula is C18H21BrN4O3. The molecule has 1 atom stereocenters. The van der Waals surface area contributed by atoms with Gasteiger partial charge in [-0.05, 0) is 46.3 Å². The van der Waals surface area contributed by atoms with Crippen LogP contribution in [0.15, 0.2) is 41.0 Å². The number of imidazole rings is 1. The van der Waals surface area contributed by atoms with E-state index in [0.29, 0.717) is 31.1 Å². The summed E-state index contributed by atoms with van der Waals surface area (Å²) in [5, 5.41) is 13.0. The number of pyridine rings is 1. The maximum absolute atomic E-state index is 9.89. The van der Waals surface area contributed by atoms with Gasteiger partial charge in [-0.25, -0.2) is 9.97 Å². The molecule has 0 aliphatic rings. The average molecular weight is 421 g/mol. The first kappa shape index (κ1) is 18.8. The number of H-pyrrole nitrogens is 1. The second-order valence-corrected chi connectivity index (χ2v) is 6.71. The van der Waals surface area contributed by atoms with Gasteiger partial charge in [0.05, 0.1) is 12.1 Å². The van der Waals surface area contributed by atoms with E-state index in [1.165, 1.54) is 0 Å². The number of halogens is 1. The molecule has 26 heavy (non-hydrogen) atoms. The molecule has 0 radical (unpaired) electrons. The number of rotatable bonds is 9. The number of hydrogen-bond acceptors (Lipinski definition) is 6. The van der Waals surface area contributed by atoms with Crippen LogP contribution in [-0.2, 0) is 4.74 Å². The topological polar surface area (TPSA) is 92.3 Å². The van der Waals surface area contributed by atoms with Gasteiger partial charge in [0.2, 0.25) is 0 Å². The van der Waals surface area contributed by atoms with Gasteiger partial charge < -0.3 is 24.9 Å². The lowest BCUT2D eigenvalue weighted by molar-refractivity contribution is 0.103. The van der Waals surface area contributed by atoms with Crippen LogP contribution in [0.4, 0.5) is 0 Å². The van der Waals surface area contributed by atoms with Crippen LogP contribution in [0.25, 0.3) is 22.6 Å². The number of methoxy groups -OCH3 is 1. The number of aliphatic hydroxyl groups excluding tert-OH is 1. The molecule has 0 aliphatic carbocycles. The van der Waals surface area contributed by atoms with Gasteiger partial charge in [-0.1, -0.05) is 0 Å². The molecule has 0 fully saturated rings. The first-order valence-corrected chi connectivity index (χ1v) is 9.07. The second-order valence-electron chi connectivity index (χ2n) is 5.80. The molecule has 1 unspecified atom stereocenters. The Labute approximate surface area is 159 Å². The highest BCUT2D eigenvalue weighted by molar-refractivity contribution is 9.10. The number of ether oxygens (including phenoxy) is 2. The maximum Gasteiger partial charge on any atom is 0.178 e. The van der Waals surface area contributed by atoms with Crippen LogP contribution in [0.2, 0.25) is 0 Å². The summed E-state index contributed by atoms with van der Waals surface area (Å²) >= 11 is 3.40. The largest absolute Gasteiger partial charge is 0.491 e. The Morgan fingerprint density at radius 2 is 2.12 bits per heavy atom. The lowest BCUT2D eigenvalue weighted by atomic mass is 10.2. The number of aromatic amines is 1. The van der Waals surface area contributed by atoms with Crippen LogP contribution in [0.3, 0.4) is 0 Å². The predicted molar refractivity (Wildman–Crippen MR) is 103 cm³/mol. The molecule has 3 aromatic rings. The van der Waals surface area contributed by atoms with Crippen LogP contribution in [0.5, 0.6) is 5.75 Å². The van der Waals surface area contributed by atoms with Gasteiger partial charge in [0.1, 0.15) is 24.3 Å². The monoisotopic (exact) mass is 420 g/mol. The zero-order valence-electron chi connectivity index (χ0n) is 14.4. The molecule has 2 aromatic heterocycles. The van der Waals surface area contributed by atoms with Gasteiger partial charge >= 0.3 is 0 Å². The van der Waals surface area contributed by atoms with Gasteiger partial charge in [-0.15, -0.1) is 0 Å². The van der Waals surface area contributed by atoms with Gasteiger partial charge in [-0.2, -0.15) is 0 Å². The normalized spacial score (nSPS) is 12.4. The van der Waals surface area contributed by atoms with Crippen LogP contribution >= 0.6 is 15.9 Å². The highest BCUT2D eigenvalue weighted by Gasteiger charge is 2.08. The zero-order valence-corrected chi connectivity index (χ0v) is 16.0. The lowest BCUT2D eigenvalue weighted by Gasteiger charge is -2.13. The summed E-state index contributed by atoms with van der Waals surface area (Å²) in [6.45, 7) is 2.00. The number of aromatic nitrogens is 3. The fourth-order valence-electron chi connectivity index (χ4n) is 2.41. The third kappa shape index (κ3) is 5.01. The molecule has 0 aliphatic heterocycles. The van der Waals surface area contributed by atoms with E-state index in [4.69, 9.17) is 9.47 Å². The summed E-state index contributed by atoms with van der Waals surface area (Å²) < 4.78 is 11.5. The van der Waals surface area contributed by atoms with Crippen LogP contribution in [-0.4, -0.2) is 59.6 Å². The van der Waals surface area contributed by atoms with Crippen LogP contribution in [0, 0.1) is 0 Å². The van der Waals surface area contributed by atoms with Crippen molar-refractivity contribution in [1.82, 2.24) is 20.3 Å². The SMILES string of the molecule is COCCNCC(O)COc1ccc(-c2nc3ncc(Br)cc3[nH]2)cc1. The minimum Gasteiger partial charge on any atom is -0.491 e. The second kappa shape index (κ2) is 9.09. The third-order valence-corrected chi connectivity index (χ3v) is 4.17. The number of nitrogens with one attached hydrogen (secondary N) is 2. The van der Waals surface area contributed by atoms with Gasteiger partial charge in [0, 0.05) is 36.4 Å². The summed E-state index contributed by atoms with van der Waals surface area (Å²) in [7, 11) is 1.64. The third-order valence-electron chi connectivity index (χ3n) is 3.74. The fourth-order valence-corrected chi connectivity index (χ4v) is 2.75. The van der Waals surface area contributed by atoms with Crippen molar-refractivity contribution in [3.05, 3.63) is 41.0 Å². The van der Waals surface area contributed by atoms with E-state index in [1.54, 1.807) is 13.3 Å². The molecule has 3 rings (SSSR count). The van der Waals surface area contributed by atoms with E-state index >= 15 is 0 Å². The van der Waals surface area contributed by atoms with Crippen molar-refractivity contribution in [3.8, 4) is 17.1 Å². The highest BCUT2D eigenvalue weighted by atomic mass is 79.9. The van der Waals surface area contributed by atoms with E-state index in [1.807, 2.05) is 30.3 Å². The summed E-state index contributed by atoms with van der Waals surface area (Å²) in [6.07, 6.45) is 1.14. The minimum atomic E-state index is -0.577. The minimum absolute atomic E-state index is 0.224. The molecule has 138 valence electrons. The van der Waals surface area contributed by atoms with Crippen molar-refractivity contribution >= 4 is 27.1 Å². The van der Waals surface area contributed by atoms with Gasteiger partial charge in [0.15, 0.2) is 5.65 Å². The molecule has 0 amide bonds. The van der Waals surface area contributed by atoms with Crippen molar-refractivity contribution in [3.63, 3.8) is 0 Å². The molecule has 1 aromatic carbocycles. The fraction of sp³-hybridized carbons (Fsp3) is 0.333. The van der Waals surface area contributed by atoms with E-state index < -0.39 is 6.10 Å². The van der Waals surface area contributed by atoms with Crippen molar-refractivity contribution in [2.24, 2.45) is 0 Å². The summed E-state index contributed by atoms with van der Waals surface area (Å²) in [4.78, 5) is 12.0. The van der Waals surface area contributed by atoms with E-state index in [0.717, 1.165) is 21.4 Å². The Morgan fingerprint density at radius 3 is 2.88 bits per heavy atom. The molecular weight excluding hydrogens is 400 g/mol. The van der Waals surface area contributed by atoms with Gasteiger partial charge in [0.25, 0.3) is 0 Å². The standard InChI is InChI=1S/C18H21BrN4O3/c1-25-7-6-20-10-14(24)11-26-15-4-2-12(3-5-15)17-22-16-8-13(19)9-21-18(16)23-17/h2-5,8-9,14,20,24H,6-7,10-11H2,1H3,(H,21,22,23).